The molecular formula is C28H30N2O9. The van der Waals surface area contributed by atoms with Gasteiger partial charge in [0.05, 0.1) is 6.04 Å². The van der Waals surface area contributed by atoms with Crippen molar-refractivity contribution in [2.45, 2.75) is 64.6 Å². The van der Waals surface area contributed by atoms with E-state index in [0.29, 0.717) is 12.8 Å². The summed E-state index contributed by atoms with van der Waals surface area (Å²) in [6, 6.07) is 15.2. The van der Waals surface area contributed by atoms with Crippen molar-refractivity contribution in [2.75, 3.05) is 0 Å². The highest BCUT2D eigenvalue weighted by Crippen LogP contribution is 2.25. The second-order valence-electron chi connectivity index (χ2n) is 9.28. The molecule has 0 bridgehead atoms. The van der Waals surface area contributed by atoms with E-state index in [0.717, 1.165) is 16.7 Å². The van der Waals surface area contributed by atoms with Gasteiger partial charge in [-0.05, 0) is 43.4 Å². The second kappa shape index (κ2) is 12.4. The zero-order valence-electron chi connectivity index (χ0n) is 21.6. The number of nitrogens with zero attached hydrogens (tertiary/aromatic N) is 1. The van der Waals surface area contributed by atoms with E-state index in [-0.39, 0.29) is 31.1 Å². The van der Waals surface area contributed by atoms with Crippen molar-refractivity contribution in [3.8, 4) is 0 Å². The van der Waals surface area contributed by atoms with Crippen LogP contribution in [0.1, 0.15) is 41.6 Å². The number of hydrogen-bond donors (Lipinski definition) is 2. The van der Waals surface area contributed by atoms with Crippen molar-refractivity contribution < 1.29 is 37.8 Å². The minimum atomic E-state index is -1.48. The first kappa shape index (κ1) is 27.6. The summed E-state index contributed by atoms with van der Waals surface area (Å²) in [5, 5.41) is 12.3. The molecule has 0 saturated heterocycles. The van der Waals surface area contributed by atoms with Gasteiger partial charge in [-0.2, -0.15) is 0 Å². The number of carbonyl (C=O) groups excluding carboxylic acids is 2. The Kier molecular flexibility index (Phi) is 8.82. The summed E-state index contributed by atoms with van der Waals surface area (Å²) < 4.78 is 20.2. The molecule has 0 saturated carbocycles. The van der Waals surface area contributed by atoms with E-state index < -0.39 is 42.2 Å². The fraction of sp³-hybridized carbons (Fsp3) is 0.357. The fourth-order valence-electron chi connectivity index (χ4n) is 4.53. The Hall–Kier alpha value is -4.38. The molecule has 11 heteroatoms. The number of ether oxygens (including phenoxy) is 2. The smallest absolute Gasteiger partial charge is 0.456 e. The van der Waals surface area contributed by atoms with Crippen molar-refractivity contribution in [3.05, 3.63) is 93.4 Å². The topological polar surface area (TPSA) is 149 Å². The van der Waals surface area contributed by atoms with Crippen LogP contribution in [0.3, 0.4) is 0 Å². The summed E-state index contributed by atoms with van der Waals surface area (Å²) >= 11 is 0. The first-order chi connectivity index (χ1) is 18.7. The maximum absolute atomic E-state index is 13.5. The highest BCUT2D eigenvalue weighted by Gasteiger charge is 2.36. The molecule has 1 aromatic heterocycles. The number of hydrogen-bond acceptors (Lipinski definition) is 9. The minimum absolute atomic E-state index is 0.0972. The van der Waals surface area contributed by atoms with Gasteiger partial charge in [0.25, 0.3) is 0 Å². The van der Waals surface area contributed by atoms with Crippen LogP contribution in [0.2, 0.25) is 0 Å². The highest BCUT2D eigenvalue weighted by molar-refractivity contribution is 5.84. The summed E-state index contributed by atoms with van der Waals surface area (Å²) in [6.07, 6.45) is -1.43. The SMILES string of the molecule is Cc1oc(=O)oc1COC(=O)[C@H](CCc1ccccc1)N[C@@H](C)C(=O)N1Cc2ccccc2C[C@@H]1OC(=O)O. The molecule has 1 aliphatic heterocycles. The largest absolute Gasteiger partial charge is 0.519 e. The van der Waals surface area contributed by atoms with Crippen molar-refractivity contribution in [3.63, 3.8) is 0 Å². The van der Waals surface area contributed by atoms with Gasteiger partial charge in [-0.25, -0.2) is 9.59 Å². The summed E-state index contributed by atoms with van der Waals surface area (Å²) in [5.41, 5.74) is 2.79. The van der Waals surface area contributed by atoms with Crippen LogP contribution in [0.25, 0.3) is 0 Å². The summed E-state index contributed by atoms with van der Waals surface area (Å²) in [5.74, 6) is -1.65. The lowest BCUT2D eigenvalue weighted by molar-refractivity contribution is -0.150. The van der Waals surface area contributed by atoms with Crippen LogP contribution in [-0.4, -0.2) is 46.3 Å². The maximum atomic E-state index is 13.5. The van der Waals surface area contributed by atoms with Crippen molar-refractivity contribution in [1.82, 2.24) is 10.2 Å². The van der Waals surface area contributed by atoms with Crippen molar-refractivity contribution >= 4 is 18.0 Å². The maximum Gasteiger partial charge on any atom is 0.519 e. The third-order valence-corrected chi connectivity index (χ3v) is 6.57. The third kappa shape index (κ3) is 7.14. The van der Waals surface area contributed by atoms with Gasteiger partial charge >= 0.3 is 17.9 Å². The Bertz CT molecular complexity index is 1360. The van der Waals surface area contributed by atoms with E-state index in [1.165, 1.54) is 11.8 Å². The minimum Gasteiger partial charge on any atom is -0.456 e. The number of aryl methyl sites for hydroxylation is 2. The fourth-order valence-corrected chi connectivity index (χ4v) is 4.53. The molecule has 0 spiro atoms. The van der Waals surface area contributed by atoms with Crippen LogP contribution in [-0.2, 0) is 45.1 Å². The molecule has 2 aromatic carbocycles. The summed E-state index contributed by atoms with van der Waals surface area (Å²) in [4.78, 5) is 50.7. The number of carboxylic acid groups (broad SMARTS) is 1. The molecule has 39 heavy (non-hydrogen) atoms. The van der Waals surface area contributed by atoms with E-state index in [1.807, 2.05) is 54.6 Å². The molecule has 3 atom stereocenters. The molecule has 2 N–H and O–H groups in total. The summed E-state index contributed by atoms with van der Waals surface area (Å²) in [7, 11) is 0. The Labute approximate surface area is 224 Å². The molecule has 1 aliphatic rings. The van der Waals surface area contributed by atoms with Gasteiger partial charge in [0.15, 0.2) is 24.4 Å². The van der Waals surface area contributed by atoms with Crippen LogP contribution in [0.5, 0.6) is 0 Å². The summed E-state index contributed by atoms with van der Waals surface area (Å²) in [6.45, 7) is 2.98. The van der Waals surface area contributed by atoms with Gasteiger partial charge in [0.1, 0.15) is 6.04 Å². The van der Waals surface area contributed by atoms with E-state index in [2.05, 4.69) is 5.32 Å². The van der Waals surface area contributed by atoms with Gasteiger partial charge < -0.3 is 28.3 Å². The molecule has 206 valence electrons. The van der Waals surface area contributed by atoms with Crippen LogP contribution in [0.4, 0.5) is 4.79 Å². The lowest BCUT2D eigenvalue weighted by Gasteiger charge is -2.37. The average Bonchev–Trinajstić information content (AvgIpc) is 3.25. The zero-order chi connectivity index (χ0) is 27.9. The van der Waals surface area contributed by atoms with Crippen LogP contribution < -0.4 is 11.1 Å². The number of amides is 1. The molecule has 0 fully saturated rings. The monoisotopic (exact) mass is 538 g/mol. The van der Waals surface area contributed by atoms with E-state index in [9.17, 15) is 24.3 Å². The lowest BCUT2D eigenvalue weighted by atomic mass is 9.98. The van der Waals surface area contributed by atoms with Gasteiger partial charge in [-0.15, -0.1) is 0 Å². The number of rotatable bonds is 10. The Morgan fingerprint density at radius 3 is 2.44 bits per heavy atom. The molecular weight excluding hydrogens is 508 g/mol. The Balaban J connectivity index is 1.48. The predicted octanol–water partition coefficient (Wildman–Crippen LogP) is 3.17. The van der Waals surface area contributed by atoms with Crippen molar-refractivity contribution in [2.24, 2.45) is 0 Å². The van der Waals surface area contributed by atoms with Gasteiger partial charge in [-0.1, -0.05) is 54.6 Å². The number of carbonyl (C=O) groups is 3. The van der Waals surface area contributed by atoms with Gasteiger partial charge in [-0.3, -0.25) is 14.9 Å². The third-order valence-electron chi connectivity index (χ3n) is 6.57. The van der Waals surface area contributed by atoms with Crippen LogP contribution in [0, 0.1) is 6.92 Å². The normalized spacial score (nSPS) is 16.2. The molecule has 3 aromatic rings. The standard InChI is InChI=1S/C28H30N2O9/c1-17(25(31)30-15-21-11-7-6-10-20(21)14-24(30)39-27(33)34)29-22(13-12-19-8-4-3-5-9-19)26(32)36-16-23-18(2)37-28(35)38-23/h3-11,17,22,24,29H,12-16H2,1-2H3,(H,33,34)/t17-,22-,24-/m0/s1. The number of esters is 1. The molecule has 0 radical (unpaired) electrons. The lowest BCUT2D eigenvalue weighted by Crippen LogP contribution is -2.55. The van der Waals surface area contributed by atoms with Crippen LogP contribution >= 0.6 is 0 Å². The quantitative estimate of drug-likeness (QED) is 0.369. The second-order valence-corrected chi connectivity index (χ2v) is 9.28. The molecule has 11 nitrogen and oxygen atoms in total. The van der Waals surface area contributed by atoms with Gasteiger partial charge in [0.2, 0.25) is 5.91 Å². The van der Waals surface area contributed by atoms with E-state index in [4.69, 9.17) is 18.3 Å². The van der Waals surface area contributed by atoms with E-state index >= 15 is 0 Å². The first-order valence-corrected chi connectivity index (χ1v) is 12.5. The Morgan fingerprint density at radius 2 is 1.77 bits per heavy atom. The molecule has 2 heterocycles. The Morgan fingerprint density at radius 1 is 1.08 bits per heavy atom. The number of fused-ring (bicyclic) bond motifs is 1. The number of nitrogens with one attached hydrogen (secondary N) is 1. The molecule has 0 aliphatic carbocycles. The van der Waals surface area contributed by atoms with Crippen LogP contribution in [0.15, 0.2) is 68.2 Å². The van der Waals surface area contributed by atoms with Gasteiger partial charge in [0, 0.05) is 13.0 Å². The molecule has 0 unspecified atom stereocenters. The van der Waals surface area contributed by atoms with E-state index in [1.54, 1.807) is 6.92 Å². The predicted molar refractivity (Wildman–Crippen MR) is 137 cm³/mol. The average molecular weight is 539 g/mol. The number of benzene rings is 2. The molecule has 4 rings (SSSR count). The molecule has 1 amide bonds. The first-order valence-electron chi connectivity index (χ1n) is 12.5. The van der Waals surface area contributed by atoms with Crippen molar-refractivity contribution in [1.29, 1.82) is 0 Å². The zero-order valence-corrected chi connectivity index (χ0v) is 21.6. The highest BCUT2D eigenvalue weighted by atomic mass is 16.7.